The highest BCUT2D eigenvalue weighted by atomic mass is 16.5. The lowest BCUT2D eigenvalue weighted by Crippen LogP contribution is -2.55. The third kappa shape index (κ3) is 2.63. The van der Waals surface area contributed by atoms with E-state index in [0.29, 0.717) is 10.9 Å². The highest BCUT2D eigenvalue weighted by molar-refractivity contribution is 6.10. The number of nitrogens with one attached hydrogen (secondary N) is 1. The van der Waals surface area contributed by atoms with Crippen molar-refractivity contribution >= 4 is 16.7 Å². The van der Waals surface area contributed by atoms with E-state index in [-0.39, 0.29) is 23.6 Å². The van der Waals surface area contributed by atoms with Crippen LogP contribution in [0.1, 0.15) is 22.2 Å². The second-order valence-electron chi connectivity index (χ2n) is 5.84. The van der Waals surface area contributed by atoms with E-state index < -0.39 is 37.1 Å². The summed E-state index contributed by atoms with van der Waals surface area (Å²) in [6.07, 6.45) is -6.62. The van der Waals surface area contributed by atoms with Crippen LogP contribution in [0.4, 0.5) is 0 Å². The van der Waals surface area contributed by atoms with E-state index in [1.165, 1.54) is 0 Å². The van der Waals surface area contributed by atoms with E-state index >= 15 is 0 Å². The SMILES string of the molecule is NCC(=O)c1c([C@H]2O[C@H](CO)[C@@H](O)[C@H](O)[C@@H]2O)[nH]c2ccccc12. The zero-order valence-corrected chi connectivity index (χ0v) is 12.8. The van der Waals surface area contributed by atoms with Crippen LogP contribution in [0.15, 0.2) is 24.3 Å². The molecule has 1 aliphatic rings. The highest BCUT2D eigenvalue weighted by Crippen LogP contribution is 2.36. The average molecular weight is 336 g/mol. The molecule has 0 bridgehead atoms. The first-order chi connectivity index (χ1) is 11.5. The van der Waals surface area contributed by atoms with Crippen LogP contribution in [-0.2, 0) is 4.74 Å². The maximum atomic E-state index is 12.3. The van der Waals surface area contributed by atoms with Gasteiger partial charge in [0.05, 0.1) is 24.4 Å². The molecule has 7 N–H and O–H groups in total. The minimum absolute atomic E-state index is 0.230. The van der Waals surface area contributed by atoms with Gasteiger partial charge in [0.25, 0.3) is 0 Å². The largest absolute Gasteiger partial charge is 0.394 e. The normalized spacial score (nSPS) is 30.6. The van der Waals surface area contributed by atoms with Gasteiger partial charge in [0, 0.05) is 10.9 Å². The first-order valence-corrected chi connectivity index (χ1v) is 7.64. The maximum Gasteiger partial charge on any atom is 0.178 e. The molecule has 2 heterocycles. The lowest BCUT2D eigenvalue weighted by atomic mass is 9.91. The van der Waals surface area contributed by atoms with Gasteiger partial charge in [-0.2, -0.15) is 0 Å². The molecule has 0 unspecified atom stereocenters. The number of nitrogens with two attached hydrogens (primary N) is 1. The summed E-state index contributed by atoms with van der Waals surface area (Å²) < 4.78 is 5.55. The number of aliphatic hydroxyl groups excluding tert-OH is 4. The van der Waals surface area contributed by atoms with Gasteiger partial charge in [-0.3, -0.25) is 4.79 Å². The molecule has 1 aliphatic heterocycles. The Kier molecular flexibility index (Phi) is 4.68. The topological polar surface area (TPSA) is 149 Å². The Morgan fingerprint density at radius 3 is 2.54 bits per heavy atom. The number of fused-ring (bicyclic) bond motifs is 1. The molecule has 8 heteroatoms. The van der Waals surface area contributed by atoms with E-state index in [0.717, 1.165) is 0 Å². The van der Waals surface area contributed by atoms with Crippen molar-refractivity contribution in [2.24, 2.45) is 5.73 Å². The zero-order chi connectivity index (χ0) is 17.4. The number of carbonyl (C=O) groups is 1. The summed E-state index contributed by atoms with van der Waals surface area (Å²) in [4.78, 5) is 15.3. The summed E-state index contributed by atoms with van der Waals surface area (Å²) in [6.45, 7) is -0.770. The standard InChI is InChI=1S/C16H20N2O6/c17-5-9(20)11-7-3-1-2-4-8(7)18-12(11)16-15(23)14(22)13(21)10(6-19)24-16/h1-4,10,13-16,18-19,21-23H,5-6,17H2/t10-,13-,14+,15+,16-/m1/s1. The number of para-hydroxylation sites is 1. The molecular weight excluding hydrogens is 316 g/mol. The van der Waals surface area contributed by atoms with Crippen molar-refractivity contribution in [1.29, 1.82) is 0 Å². The van der Waals surface area contributed by atoms with Crippen molar-refractivity contribution < 1.29 is 30.0 Å². The molecule has 5 atom stereocenters. The van der Waals surface area contributed by atoms with E-state index in [1.807, 2.05) is 0 Å². The summed E-state index contributed by atoms with van der Waals surface area (Å²) in [5, 5.41) is 40.1. The fourth-order valence-corrected chi connectivity index (χ4v) is 3.12. The number of ether oxygens (including phenoxy) is 1. The van der Waals surface area contributed by atoms with Crippen molar-refractivity contribution in [1.82, 2.24) is 4.98 Å². The fourth-order valence-electron chi connectivity index (χ4n) is 3.12. The number of benzene rings is 1. The highest BCUT2D eigenvalue weighted by Gasteiger charge is 2.45. The van der Waals surface area contributed by atoms with Crippen molar-refractivity contribution in [3.8, 4) is 0 Å². The minimum Gasteiger partial charge on any atom is -0.394 e. The van der Waals surface area contributed by atoms with Crippen molar-refractivity contribution in [2.75, 3.05) is 13.2 Å². The first-order valence-electron chi connectivity index (χ1n) is 7.64. The van der Waals surface area contributed by atoms with E-state index in [1.54, 1.807) is 24.3 Å². The van der Waals surface area contributed by atoms with E-state index in [9.17, 15) is 25.2 Å². The van der Waals surface area contributed by atoms with Gasteiger partial charge in [0.15, 0.2) is 5.78 Å². The summed E-state index contributed by atoms with van der Waals surface area (Å²) in [6, 6.07) is 7.05. The molecular formula is C16H20N2O6. The molecule has 0 spiro atoms. The number of aliphatic hydroxyl groups is 4. The third-order valence-corrected chi connectivity index (χ3v) is 4.38. The third-order valence-electron chi connectivity index (χ3n) is 4.38. The second kappa shape index (κ2) is 6.60. The molecule has 0 aliphatic carbocycles. The number of aromatic amines is 1. The average Bonchev–Trinajstić information content (AvgIpc) is 2.98. The van der Waals surface area contributed by atoms with Crippen LogP contribution < -0.4 is 5.73 Å². The monoisotopic (exact) mass is 336 g/mol. The molecule has 3 rings (SSSR count). The van der Waals surface area contributed by atoms with Gasteiger partial charge < -0.3 is 35.9 Å². The molecule has 0 saturated carbocycles. The lowest BCUT2D eigenvalue weighted by molar-refractivity contribution is -0.232. The van der Waals surface area contributed by atoms with Crippen LogP contribution >= 0.6 is 0 Å². The smallest absolute Gasteiger partial charge is 0.178 e. The van der Waals surface area contributed by atoms with Crippen LogP contribution in [0.2, 0.25) is 0 Å². The first kappa shape index (κ1) is 17.0. The molecule has 0 amide bonds. The number of aromatic nitrogens is 1. The quantitative estimate of drug-likeness (QED) is 0.385. The number of H-pyrrole nitrogens is 1. The Labute approximate surface area is 137 Å². The van der Waals surface area contributed by atoms with Crippen molar-refractivity contribution in [2.45, 2.75) is 30.5 Å². The molecule has 130 valence electrons. The molecule has 1 aromatic heterocycles. The zero-order valence-electron chi connectivity index (χ0n) is 12.8. The van der Waals surface area contributed by atoms with Crippen LogP contribution in [0.5, 0.6) is 0 Å². The van der Waals surface area contributed by atoms with Gasteiger partial charge in [-0.15, -0.1) is 0 Å². The van der Waals surface area contributed by atoms with Crippen LogP contribution in [0, 0.1) is 0 Å². The Hall–Kier alpha value is -1.81. The second-order valence-corrected chi connectivity index (χ2v) is 5.84. The van der Waals surface area contributed by atoms with Gasteiger partial charge in [0.1, 0.15) is 30.5 Å². The van der Waals surface area contributed by atoms with E-state index in [4.69, 9.17) is 10.5 Å². The van der Waals surface area contributed by atoms with E-state index in [2.05, 4.69) is 4.98 Å². The summed E-state index contributed by atoms with van der Waals surface area (Å²) in [7, 11) is 0. The molecule has 1 fully saturated rings. The Morgan fingerprint density at radius 2 is 1.88 bits per heavy atom. The number of hydrogen-bond donors (Lipinski definition) is 6. The summed E-state index contributed by atoms with van der Waals surface area (Å²) in [5.41, 5.74) is 6.69. The Bertz CT molecular complexity index is 743. The van der Waals surface area contributed by atoms with Gasteiger partial charge in [0.2, 0.25) is 0 Å². The molecule has 8 nitrogen and oxygen atoms in total. The molecule has 0 radical (unpaired) electrons. The number of ketones is 1. The molecule has 1 aromatic carbocycles. The van der Waals surface area contributed by atoms with Crippen LogP contribution in [0.3, 0.4) is 0 Å². The van der Waals surface area contributed by atoms with Gasteiger partial charge in [-0.05, 0) is 6.07 Å². The number of hydrogen-bond acceptors (Lipinski definition) is 7. The van der Waals surface area contributed by atoms with Crippen LogP contribution in [0.25, 0.3) is 10.9 Å². The molecule has 1 saturated heterocycles. The van der Waals surface area contributed by atoms with Crippen molar-refractivity contribution in [3.63, 3.8) is 0 Å². The van der Waals surface area contributed by atoms with Gasteiger partial charge in [-0.1, -0.05) is 18.2 Å². The number of carbonyl (C=O) groups excluding carboxylic acids is 1. The number of Topliss-reactive ketones (excluding diaryl/α,β-unsaturated/α-hetero) is 1. The van der Waals surface area contributed by atoms with Gasteiger partial charge in [-0.25, -0.2) is 0 Å². The summed E-state index contributed by atoms with van der Waals surface area (Å²) in [5.74, 6) is -0.348. The molecule has 2 aromatic rings. The Balaban J connectivity index is 2.12. The summed E-state index contributed by atoms with van der Waals surface area (Å²) >= 11 is 0. The lowest BCUT2D eigenvalue weighted by Gasteiger charge is -2.40. The maximum absolute atomic E-state index is 12.3. The van der Waals surface area contributed by atoms with Crippen LogP contribution in [-0.4, -0.2) is 68.8 Å². The van der Waals surface area contributed by atoms with Crippen molar-refractivity contribution in [3.05, 3.63) is 35.5 Å². The fraction of sp³-hybridized carbons (Fsp3) is 0.438. The molecule has 24 heavy (non-hydrogen) atoms. The number of rotatable bonds is 4. The predicted molar refractivity (Wildman–Crippen MR) is 84.4 cm³/mol. The Morgan fingerprint density at radius 1 is 1.17 bits per heavy atom. The minimum atomic E-state index is -1.52. The predicted octanol–water partition coefficient (Wildman–Crippen LogP) is -1.18. The van der Waals surface area contributed by atoms with Gasteiger partial charge >= 0.3 is 0 Å².